The highest BCUT2D eigenvalue weighted by atomic mass is 16.5. The van der Waals surface area contributed by atoms with Crippen molar-refractivity contribution in [1.29, 1.82) is 0 Å². The van der Waals surface area contributed by atoms with Gasteiger partial charge in [-0.15, -0.1) is 0 Å². The summed E-state index contributed by atoms with van der Waals surface area (Å²) in [6.07, 6.45) is 6.73. The maximum atomic E-state index is 13.9. The molecule has 0 spiro atoms. The first-order chi connectivity index (χ1) is 17.6. The quantitative estimate of drug-likeness (QED) is 0.449. The van der Waals surface area contributed by atoms with Gasteiger partial charge in [-0.2, -0.15) is 0 Å². The Kier molecular flexibility index (Phi) is 8.44. The number of carbonyl (C=O) groups is 3. The molecule has 186 valence electrons. The summed E-state index contributed by atoms with van der Waals surface area (Å²) >= 11 is 0. The molecule has 7 nitrogen and oxygen atoms in total. The Labute approximate surface area is 211 Å². The van der Waals surface area contributed by atoms with Crippen molar-refractivity contribution >= 4 is 23.5 Å². The van der Waals surface area contributed by atoms with Crippen molar-refractivity contribution in [3.63, 3.8) is 0 Å². The Morgan fingerprint density at radius 1 is 0.944 bits per heavy atom. The van der Waals surface area contributed by atoms with Gasteiger partial charge in [-0.05, 0) is 61.7 Å². The number of aromatic nitrogens is 1. The monoisotopic (exact) mass is 485 g/mol. The smallest absolute Gasteiger partial charge is 0.338 e. The lowest BCUT2D eigenvalue weighted by molar-refractivity contribution is -0.123. The number of rotatable bonds is 8. The van der Waals surface area contributed by atoms with Crippen LogP contribution in [0.5, 0.6) is 0 Å². The Bertz CT molecular complexity index is 1160. The zero-order chi connectivity index (χ0) is 25.3. The number of pyridine rings is 1. The molecule has 1 heterocycles. The number of esters is 1. The summed E-state index contributed by atoms with van der Waals surface area (Å²) in [4.78, 5) is 45.6. The minimum Gasteiger partial charge on any atom is -0.462 e. The third-order valence-electron chi connectivity index (χ3n) is 6.33. The van der Waals surface area contributed by atoms with Crippen LogP contribution in [0.15, 0.2) is 79.0 Å². The summed E-state index contributed by atoms with van der Waals surface area (Å²) in [5.74, 6) is -1.10. The van der Waals surface area contributed by atoms with E-state index in [1.807, 2.05) is 30.3 Å². The van der Waals surface area contributed by atoms with Gasteiger partial charge in [0.1, 0.15) is 11.7 Å². The molecule has 1 N–H and O–H groups in total. The van der Waals surface area contributed by atoms with E-state index in [-0.39, 0.29) is 24.2 Å². The van der Waals surface area contributed by atoms with E-state index in [2.05, 4.69) is 10.3 Å². The lowest BCUT2D eigenvalue weighted by Gasteiger charge is -2.33. The zero-order valence-electron chi connectivity index (χ0n) is 20.4. The van der Waals surface area contributed by atoms with Crippen molar-refractivity contribution in [1.82, 2.24) is 10.3 Å². The molecule has 2 aromatic carbocycles. The summed E-state index contributed by atoms with van der Waals surface area (Å²) < 4.78 is 5.09. The predicted molar refractivity (Wildman–Crippen MR) is 138 cm³/mol. The maximum absolute atomic E-state index is 13.9. The summed E-state index contributed by atoms with van der Waals surface area (Å²) in [5.41, 5.74) is 1.75. The molecule has 7 heteroatoms. The summed E-state index contributed by atoms with van der Waals surface area (Å²) in [6.45, 7) is 2.01. The third kappa shape index (κ3) is 5.97. The van der Waals surface area contributed by atoms with Crippen LogP contribution in [0.1, 0.15) is 71.5 Å². The first kappa shape index (κ1) is 25.1. The van der Waals surface area contributed by atoms with Crippen LogP contribution in [0.4, 0.5) is 5.69 Å². The van der Waals surface area contributed by atoms with E-state index in [1.165, 1.54) is 11.3 Å². The van der Waals surface area contributed by atoms with Crippen LogP contribution in [-0.2, 0) is 9.53 Å². The second kappa shape index (κ2) is 12.1. The van der Waals surface area contributed by atoms with Gasteiger partial charge in [0.2, 0.25) is 5.91 Å². The molecular weight excluding hydrogens is 454 g/mol. The number of benzene rings is 2. The van der Waals surface area contributed by atoms with Gasteiger partial charge >= 0.3 is 5.97 Å². The van der Waals surface area contributed by atoms with E-state index in [0.717, 1.165) is 25.7 Å². The van der Waals surface area contributed by atoms with Crippen molar-refractivity contribution in [2.24, 2.45) is 0 Å². The molecule has 0 radical (unpaired) electrons. The van der Waals surface area contributed by atoms with E-state index in [0.29, 0.717) is 16.8 Å². The fourth-order valence-electron chi connectivity index (χ4n) is 4.55. The zero-order valence-corrected chi connectivity index (χ0v) is 20.4. The normalized spacial score (nSPS) is 14.5. The van der Waals surface area contributed by atoms with Crippen LogP contribution < -0.4 is 10.2 Å². The molecule has 36 heavy (non-hydrogen) atoms. The lowest BCUT2D eigenvalue weighted by atomic mass is 9.94. The van der Waals surface area contributed by atoms with Crippen LogP contribution >= 0.6 is 0 Å². The molecule has 2 amide bonds. The van der Waals surface area contributed by atoms with Crippen molar-refractivity contribution in [3.8, 4) is 0 Å². The van der Waals surface area contributed by atoms with Crippen molar-refractivity contribution < 1.29 is 19.1 Å². The van der Waals surface area contributed by atoms with Crippen molar-refractivity contribution in [3.05, 3.63) is 95.8 Å². The van der Waals surface area contributed by atoms with Crippen molar-refractivity contribution in [2.75, 3.05) is 11.5 Å². The van der Waals surface area contributed by atoms with Gasteiger partial charge in [0.05, 0.1) is 12.2 Å². The van der Waals surface area contributed by atoms with Gasteiger partial charge < -0.3 is 10.1 Å². The van der Waals surface area contributed by atoms with Crippen LogP contribution in [0.3, 0.4) is 0 Å². The molecule has 1 fully saturated rings. The molecule has 0 unspecified atom stereocenters. The van der Waals surface area contributed by atoms with Crippen LogP contribution in [0.25, 0.3) is 0 Å². The largest absolute Gasteiger partial charge is 0.462 e. The second-order valence-corrected chi connectivity index (χ2v) is 8.81. The highest BCUT2D eigenvalue weighted by molar-refractivity contribution is 6.09. The second-order valence-electron chi connectivity index (χ2n) is 8.81. The van der Waals surface area contributed by atoms with E-state index in [4.69, 9.17) is 4.74 Å². The van der Waals surface area contributed by atoms with Crippen LogP contribution in [-0.4, -0.2) is 35.4 Å². The number of hydrogen-bond acceptors (Lipinski definition) is 5. The number of amides is 2. The molecule has 1 aromatic heterocycles. The Balaban J connectivity index is 1.76. The maximum Gasteiger partial charge on any atom is 0.338 e. The van der Waals surface area contributed by atoms with E-state index in [9.17, 15) is 14.4 Å². The molecule has 0 aliphatic heterocycles. The molecule has 1 atom stereocenters. The third-order valence-corrected chi connectivity index (χ3v) is 6.33. The summed E-state index contributed by atoms with van der Waals surface area (Å²) in [6, 6.07) is 20.1. The highest BCUT2D eigenvalue weighted by Crippen LogP contribution is 2.31. The average molecular weight is 486 g/mol. The summed E-state index contributed by atoms with van der Waals surface area (Å²) in [7, 11) is 0. The molecule has 4 rings (SSSR count). The fraction of sp³-hybridized carbons (Fsp3) is 0.310. The number of hydrogen-bond donors (Lipinski definition) is 1. The van der Waals surface area contributed by atoms with Gasteiger partial charge in [0.25, 0.3) is 5.91 Å². The van der Waals surface area contributed by atoms with Gasteiger partial charge in [0, 0.05) is 17.9 Å². The Hall–Kier alpha value is -4.00. The standard InChI is InChI=1S/C29H31N3O4/c1-2-36-29(35)22-16-18-24(19-17-22)32(28(34)25-15-9-10-20-30-25)26(21-11-5-3-6-12-21)27(33)31-23-13-7-4-8-14-23/h3,5-6,9-12,15-20,23,26H,2,4,7-8,13-14H2,1H3,(H,31,33)/t26-/m0/s1. The number of anilines is 1. The molecule has 1 aliphatic rings. The molecule has 3 aromatic rings. The Morgan fingerprint density at radius 3 is 2.28 bits per heavy atom. The highest BCUT2D eigenvalue weighted by Gasteiger charge is 2.35. The first-order valence-electron chi connectivity index (χ1n) is 12.5. The lowest BCUT2D eigenvalue weighted by Crippen LogP contribution is -2.47. The molecule has 0 saturated heterocycles. The topological polar surface area (TPSA) is 88.6 Å². The van der Waals surface area contributed by atoms with E-state index < -0.39 is 17.9 Å². The van der Waals surface area contributed by atoms with E-state index in [1.54, 1.807) is 55.6 Å². The number of carbonyl (C=O) groups excluding carboxylic acids is 3. The molecular formula is C29H31N3O4. The average Bonchev–Trinajstić information content (AvgIpc) is 2.93. The minimum absolute atomic E-state index is 0.0791. The first-order valence-corrected chi connectivity index (χ1v) is 12.5. The van der Waals surface area contributed by atoms with Crippen molar-refractivity contribution in [2.45, 2.75) is 51.1 Å². The fourth-order valence-corrected chi connectivity index (χ4v) is 4.55. The molecule has 1 saturated carbocycles. The number of nitrogens with one attached hydrogen (secondary N) is 1. The van der Waals surface area contributed by atoms with Gasteiger partial charge in [-0.25, -0.2) is 4.79 Å². The number of ether oxygens (including phenoxy) is 1. The summed E-state index contributed by atoms with van der Waals surface area (Å²) in [5, 5.41) is 3.19. The van der Waals surface area contributed by atoms with Crippen LogP contribution in [0.2, 0.25) is 0 Å². The Morgan fingerprint density at radius 2 is 1.64 bits per heavy atom. The predicted octanol–water partition coefficient (Wildman–Crippen LogP) is 5.10. The minimum atomic E-state index is -0.920. The molecule has 1 aliphatic carbocycles. The van der Waals surface area contributed by atoms with Crippen LogP contribution in [0, 0.1) is 0 Å². The number of nitrogens with zero attached hydrogens (tertiary/aromatic N) is 2. The van der Waals surface area contributed by atoms with Gasteiger partial charge in [0.15, 0.2) is 0 Å². The SMILES string of the molecule is CCOC(=O)c1ccc(N(C(=O)c2ccccn2)[C@H](C(=O)NC2CCCCC2)c2ccccc2)cc1. The van der Waals surface area contributed by atoms with E-state index >= 15 is 0 Å². The molecule has 0 bridgehead atoms. The van der Waals surface area contributed by atoms with Gasteiger partial charge in [-0.3, -0.25) is 19.5 Å². The van der Waals surface area contributed by atoms with Gasteiger partial charge in [-0.1, -0.05) is 55.7 Å².